The Balaban J connectivity index is 1.76. The SMILES string of the molecule is CC(c1cc2ccccc2s1)N(O)C(=O)N1CCOCC1. The van der Waals surface area contributed by atoms with Crippen molar-refractivity contribution in [2.24, 2.45) is 0 Å². The fourth-order valence-electron chi connectivity index (χ4n) is 2.39. The van der Waals surface area contributed by atoms with Crippen molar-refractivity contribution in [3.05, 3.63) is 35.2 Å². The van der Waals surface area contributed by atoms with Crippen molar-refractivity contribution in [2.75, 3.05) is 26.3 Å². The summed E-state index contributed by atoms with van der Waals surface area (Å²) < 4.78 is 6.38. The van der Waals surface area contributed by atoms with Gasteiger partial charge >= 0.3 is 6.03 Å². The summed E-state index contributed by atoms with van der Waals surface area (Å²) in [5, 5.41) is 12.2. The van der Waals surface area contributed by atoms with Gasteiger partial charge in [0.15, 0.2) is 0 Å². The molecule has 0 saturated carbocycles. The van der Waals surface area contributed by atoms with Crippen LogP contribution in [0.3, 0.4) is 0 Å². The van der Waals surface area contributed by atoms with Gasteiger partial charge in [-0.05, 0) is 24.4 Å². The maximum absolute atomic E-state index is 12.3. The molecule has 1 saturated heterocycles. The lowest BCUT2D eigenvalue weighted by atomic mass is 10.2. The molecule has 3 rings (SSSR count). The highest BCUT2D eigenvalue weighted by Gasteiger charge is 2.27. The Morgan fingerprint density at radius 1 is 1.38 bits per heavy atom. The second kappa shape index (κ2) is 6.01. The Kier molecular flexibility index (Phi) is 4.10. The van der Waals surface area contributed by atoms with Crippen LogP contribution in [0.2, 0.25) is 0 Å². The van der Waals surface area contributed by atoms with Gasteiger partial charge in [0.25, 0.3) is 0 Å². The maximum atomic E-state index is 12.3. The number of urea groups is 1. The molecule has 112 valence electrons. The summed E-state index contributed by atoms with van der Waals surface area (Å²) in [5.41, 5.74) is 0. The number of morpholine rings is 1. The number of hydroxylamine groups is 2. The predicted molar refractivity (Wildman–Crippen MR) is 81.7 cm³/mol. The van der Waals surface area contributed by atoms with Gasteiger partial charge in [0, 0.05) is 22.7 Å². The van der Waals surface area contributed by atoms with E-state index in [1.165, 1.54) is 0 Å². The molecule has 1 aliphatic heterocycles. The molecule has 1 aromatic carbocycles. The fourth-order valence-corrected chi connectivity index (χ4v) is 3.50. The van der Waals surface area contributed by atoms with Crippen LogP contribution in [-0.4, -0.2) is 47.5 Å². The van der Waals surface area contributed by atoms with Crippen molar-refractivity contribution in [3.63, 3.8) is 0 Å². The Labute approximate surface area is 127 Å². The molecule has 1 aromatic heterocycles. The van der Waals surface area contributed by atoms with E-state index in [4.69, 9.17) is 4.74 Å². The minimum atomic E-state index is -0.363. The van der Waals surface area contributed by atoms with Crippen LogP contribution in [0.4, 0.5) is 4.79 Å². The first-order chi connectivity index (χ1) is 10.2. The first kappa shape index (κ1) is 14.3. The number of thiophene rings is 1. The normalized spacial score (nSPS) is 17.0. The van der Waals surface area contributed by atoms with Crippen molar-refractivity contribution in [3.8, 4) is 0 Å². The number of nitrogens with zero attached hydrogens (tertiary/aromatic N) is 2. The zero-order chi connectivity index (χ0) is 14.8. The largest absolute Gasteiger partial charge is 0.378 e. The van der Waals surface area contributed by atoms with E-state index in [2.05, 4.69) is 0 Å². The van der Waals surface area contributed by atoms with Crippen LogP contribution in [0.15, 0.2) is 30.3 Å². The first-order valence-corrected chi connectivity index (χ1v) is 7.81. The Morgan fingerprint density at radius 2 is 2.10 bits per heavy atom. The lowest BCUT2D eigenvalue weighted by molar-refractivity contribution is -0.0918. The van der Waals surface area contributed by atoms with E-state index >= 15 is 0 Å². The molecule has 0 spiro atoms. The number of fused-ring (bicyclic) bond motifs is 1. The van der Waals surface area contributed by atoms with Gasteiger partial charge in [0.2, 0.25) is 0 Å². The second-order valence-electron chi connectivity index (χ2n) is 5.09. The Morgan fingerprint density at radius 3 is 2.81 bits per heavy atom. The average Bonchev–Trinajstić information content (AvgIpc) is 2.97. The molecule has 1 unspecified atom stereocenters. The van der Waals surface area contributed by atoms with E-state index < -0.39 is 0 Å². The van der Waals surface area contributed by atoms with Crippen LogP contribution in [-0.2, 0) is 4.74 Å². The molecule has 1 aliphatic rings. The fraction of sp³-hybridized carbons (Fsp3) is 0.400. The highest BCUT2D eigenvalue weighted by atomic mass is 32.1. The summed E-state index contributed by atoms with van der Waals surface area (Å²) >= 11 is 1.60. The van der Waals surface area contributed by atoms with Crippen LogP contribution in [0.25, 0.3) is 10.1 Å². The van der Waals surface area contributed by atoms with E-state index in [0.717, 1.165) is 20.0 Å². The van der Waals surface area contributed by atoms with Crippen LogP contribution >= 0.6 is 11.3 Å². The molecule has 1 fully saturated rings. The number of ether oxygens (including phenoxy) is 1. The minimum Gasteiger partial charge on any atom is -0.378 e. The quantitative estimate of drug-likeness (QED) is 0.685. The van der Waals surface area contributed by atoms with Crippen LogP contribution in [0.5, 0.6) is 0 Å². The molecule has 1 atom stereocenters. The molecule has 1 N–H and O–H groups in total. The zero-order valence-electron chi connectivity index (χ0n) is 11.9. The lowest BCUT2D eigenvalue weighted by Crippen LogP contribution is -2.47. The standard InChI is InChI=1S/C15H18N2O3S/c1-11(14-10-12-4-2-3-5-13(12)21-14)17(19)15(18)16-6-8-20-9-7-16/h2-5,10-11,19H,6-9H2,1H3. The molecule has 2 aromatic rings. The molecule has 0 aliphatic carbocycles. The second-order valence-corrected chi connectivity index (χ2v) is 6.20. The van der Waals surface area contributed by atoms with Gasteiger partial charge < -0.3 is 9.64 Å². The van der Waals surface area contributed by atoms with Crippen molar-refractivity contribution in [1.82, 2.24) is 9.96 Å². The third-order valence-electron chi connectivity index (χ3n) is 3.70. The molecular formula is C15H18N2O3S. The molecule has 5 nitrogen and oxygen atoms in total. The molecular weight excluding hydrogens is 288 g/mol. The number of carbonyl (C=O) groups is 1. The van der Waals surface area contributed by atoms with Gasteiger partial charge in [-0.1, -0.05) is 18.2 Å². The van der Waals surface area contributed by atoms with Crippen molar-refractivity contribution in [2.45, 2.75) is 13.0 Å². The predicted octanol–water partition coefficient (Wildman–Crippen LogP) is 3.11. The van der Waals surface area contributed by atoms with Gasteiger partial charge in [0.1, 0.15) is 0 Å². The summed E-state index contributed by atoms with van der Waals surface area (Å²) in [7, 11) is 0. The summed E-state index contributed by atoms with van der Waals surface area (Å²) in [6, 6.07) is 9.36. The van der Waals surface area contributed by atoms with E-state index in [1.54, 1.807) is 16.2 Å². The van der Waals surface area contributed by atoms with E-state index in [0.29, 0.717) is 26.3 Å². The maximum Gasteiger partial charge on any atom is 0.344 e. The van der Waals surface area contributed by atoms with Crippen LogP contribution in [0, 0.1) is 0 Å². The minimum absolute atomic E-state index is 0.358. The van der Waals surface area contributed by atoms with E-state index in [1.807, 2.05) is 37.3 Å². The number of hydrogen-bond donors (Lipinski definition) is 1. The van der Waals surface area contributed by atoms with Crippen LogP contribution in [0.1, 0.15) is 17.8 Å². The molecule has 0 radical (unpaired) electrons. The third kappa shape index (κ3) is 2.88. The van der Waals surface area contributed by atoms with Gasteiger partial charge in [-0.3, -0.25) is 5.21 Å². The highest BCUT2D eigenvalue weighted by Crippen LogP contribution is 2.32. The molecule has 0 bridgehead atoms. The number of hydrogen-bond acceptors (Lipinski definition) is 4. The van der Waals surface area contributed by atoms with E-state index in [9.17, 15) is 10.0 Å². The Hall–Kier alpha value is -1.63. The topological polar surface area (TPSA) is 53.0 Å². The van der Waals surface area contributed by atoms with Crippen molar-refractivity contribution in [1.29, 1.82) is 0 Å². The summed E-state index contributed by atoms with van der Waals surface area (Å²) in [4.78, 5) is 14.9. The number of rotatable bonds is 2. The molecule has 6 heteroatoms. The summed E-state index contributed by atoms with van der Waals surface area (Å²) in [5.74, 6) is 0. The molecule has 2 amide bonds. The van der Waals surface area contributed by atoms with E-state index in [-0.39, 0.29) is 12.1 Å². The molecule has 21 heavy (non-hydrogen) atoms. The average molecular weight is 306 g/mol. The summed E-state index contributed by atoms with van der Waals surface area (Å²) in [6.07, 6.45) is 0. The highest BCUT2D eigenvalue weighted by molar-refractivity contribution is 7.19. The lowest BCUT2D eigenvalue weighted by Gasteiger charge is -2.32. The third-order valence-corrected chi connectivity index (χ3v) is 4.99. The van der Waals surface area contributed by atoms with Gasteiger partial charge in [0.05, 0.1) is 19.3 Å². The summed E-state index contributed by atoms with van der Waals surface area (Å²) in [6.45, 7) is 3.93. The van der Waals surface area contributed by atoms with Crippen molar-refractivity contribution >= 4 is 27.5 Å². The van der Waals surface area contributed by atoms with Gasteiger partial charge in [-0.25, -0.2) is 4.79 Å². The smallest absolute Gasteiger partial charge is 0.344 e. The zero-order valence-corrected chi connectivity index (χ0v) is 12.7. The number of amides is 2. The van der Waals surface area contributed by atoms with Gasteiger partial charge in [-0.2, -0.15) is 5.06 Å². The number of benzene rings is 1. The first-order valence-electron chi connectivity index (χ1n) is 7.00. The Bertz CT molecular complexity index is 604. The van der Waals surface area contributed by atoms with Crippen LogP contribution < -0.4 is 0 Å². The van der Waals surface area contributed by atoms with Crippen molar-refractivity contribution < 1.29 is 14.7 Å². The monoisotopic (exact) mass is 306 g/mol. The molecule has 2 heterocycles. The number of carbonyl (C=O) groups excluding carboxylic acids is 1. The van der Waals surface area contributed by atoms with Gasteiger partial charge in [-0.15, -0.1) is 11.3 Å².